The maximum absolute atomic E-state index is 5.82. The minimum atomic E-state index is 0.0896. The van der Waals surface area contributed by atoms with Crippen LogP contribution in [0.3, 0.4) is 0 Å². The Labute approximate surface area is 66.7 Å². The molecule has 0 radical (unpaired) electrons. The first-order valence-electron chi connectivity index (χ1n) is 3.73. The van der Waals surface area contributed by atoms with E-state index in [1.165, 1.54) is 0 Å². The molecule has 2 nitrogen and oxygen atoms in total. The Morgan fingerprint density at radius 3 is 3.09 bits per heavy atom. The summed E-state index contributed by atoms with van der Waals surface area (Å²) in [5, 5.41) is 0. The fourth-order valence-electron chi connectivity index (χ4n) is 0.950. The molecule has 0 saturated heterocycles. The van der Waals surface area contributed by atoms with E-state index in [0.29, 0.717) is 0 Å². The molecule has 0 saturated carbocycles. The van der Waals surface area contributed by atoms with Gasteiger partial charge in [0, 0.05) is 11.6 Å². The van der Waals surface area contributed by atoms with Crippen LogP contribution in [-0.2, 0) is 0 Å². The highest BCUT2D eigenvalue weighted by Crippen LogP contribution is 2.15. The fourth-order valence-corrected chi connectivity index (χ4v) is 0.950. The summed E-state index contributed by atoms with van der Waals surface area (Å²) >= 11 is 0. The van der Waals surface area contributed by atoms with Crippen molar-refractivity contribution in [3.63, 3.8) is 0 Å². The van der Waals surface area contributed by atoms with Gasteiger partial charge in [0.15, 0.2) is 0 Å². The first kappa shape index (κ1) is 8.08. The van der Waals surface area contributed by atoms with Gasteiger partial charge in [0.2, 0.25) is 0 Å². The summed E-state index contributed by atoms with van der Waals surface area (Å²) in [7, 11) is 0. The first-order chi connectivity index (χ1) is 5.34. The van der Waals surface area contributed by atoms with Gasteiger partial charge in [-0.25, -0.2) is 0 Å². The van der Waals surface area contributed by atoms with Crippen molar-refractivity contribution >= 4 is 0 Å². The van der Waals surface area contributed by atoms with E-state index in [1.807, 2.05) is 12.1 Å². The molecule has 1 aromatic heterocycles. The van der Waals surface area contributed by atoms with Gasteiger partial charge in [-0.2, -0.15) is 0 Å². The quantitative estimate of drug-likeness (QED) is 0.670. The summed E-state index contributed by atoms with van der Waals surface area (Å²) in [5.41, 5.74) is 6.88. The molecule has 0 aliphatic rings. The number of furan rings is 1. The van der Waals surface area contributed by atoms with E-state index in [0.717, 1.165) is 18.4 Å². The first-order valence-corrected chi connectivity index (χ1v) is 3.73. The molecular formula is C9H13NO. The average molecular weight is 151 g/mol. The normalized spacial score (nSPS) is 12.8. The number of allylic oxidation sites excluding steroid dienone is 1. The van der Waals surface area contributed by atoms with Crippen LogP contribution in [0.4, 0.5) is 0 Å². The van der Waals surface area contributed by atoms with Gasteiger partial charge >= 0.3 is 0 Å². The molecule has 0 amide bonds. The SMILES string of the molecule is C=CCC[C@H](N)c1ccoc1. The second-order valence-electron chi connectivity index (χ2n) is 2.53. The van der Waals surface area contributed by atoms with Crippen molar-refractivity contribution in [1.82, 2.24) is 0 Å². The van der Waals surface area contributed by atoms with Gasteiger partial charge in [-0.3, -0.25) is 0 Å². The van der Waals surface area contributed by atoms with Gasteiger partial charge < -0.3 is 10.2 Å². The van der Waals surface area contributed by atoms with Gasteiger partial charge in [0.25, 0.3) is 0 Å². The molecule has 2 heteroatoms. The van der Waals surface area contributed by atoms with Crippen LogP contribution in [0.1, 0.15) is 24.4 Å². The minimum absolute atomic E-state index is 0.0896. The standard InChI is InChI=1S/C9H13NO/c1-2-3-4-9(10)8-5-6-11-7-8/h2,5-7,9H,1,3-4,10H2/t9-/m0/s1. The van der Waals surface area contributed by atoms with Crippen LogP contribution in [0, 0.1) is 0 Å². The summed E-state index contributed by atoms with van der Waals surface area (Å²) in [6, 6.07) is 1.99. The van der Waals surface area contributed by atoms with Crippen LogP contribution in [0.2, 0.25) is 0 Å². The largest absolute Gasteiger partial charge is 0.472 e. The summed E-state index contributed by atoms with van der Waals surface area (Å²) < 4.78 is 4.91. The zero-order valence-electron chi connectivity index (χ0n) is 6.49. The maximum Gasteiger partial charge on any atom is 0.0950 e. The predicted molar refractivity (Wildman–Crippen MR) is 45.1 cm³/mol. The minimum Gasteiger partial charge on any atom is -0.472 e. The molecule has 0 aliphatic carbocycles. The molecule has 0 fully saturated rings. The van der Waals surface area contributed by atoms with Crippen molar-refractivity contribution in [3.05, 3.63) is 36.8 Å². The molecule has 1 aromatic rings. The molecule has 11 heavy (non-hydrogen) atoms. The molecule has 0 spiro atoms. The van der Waals surface area contributed by atoms with Crippen LogP contribution in [0.25, 0.3) is 0 Å². The molecular weight excluding hydrogens is 138 g/mol. The smallest absolute Gasteiger partial charge is 0.0950 e. The molecule has 0 bridgehead atoms. The van der Waals surface area contributed by atoms with Crippen LogP contribution in [-0.4, -0.2) is 0 Å². The molecule has 1 heterocycles. The van der Waals surface area contributed by atoms with Gasteiger partial charge in [0.05, 0.1) is 12.5 Å². The van der Waals surface area contributed by atoms with Crippen LogP contribution in [0.5, 0.6) is 0 Å². The van der Waals surface area contributed by atoms with Crippen molar-refractivity contribution < 1.29 is 4.42 Å². The number of nitrogens with two attached hydrogens (primary N) is 1. The van der Waals surface area contributed by atoms with Gasteiger partial charge in [0.1, 0.15) is 0 Å². The molecule has 0 unspecified atom stereocenters. The van der Waals surface area contributed by atoms with Crippen molar-refractivity contribution in [2.75, 3.05) is 0 Å². The Balaban J connectivity index is 2.42. The highest BCUT2D eigenvalue weighted by molar-refractivity contribution is 5.10. The highest BCUT2D eigenvalue weighted by atomic mass is 16.3. The lowest BCUT2D eigenvalue weighted by Crippen LogP contribution is -2.08. The third kappa shape index (κ3) is 2.24. The van der Waals surface area contributed by atoms with Gasteiger partial charge in [-0.1, -0.05) is 6.08 Å². The third-order valence-corrected chi connectivity index (χ3v) is 1.65. The number of rotatable bonds is 4. The Hall–Kier alpha value is -1.02. The summed E-state index contributed by atoms with van der Waals surface area (Å²) in [5.74, 6) is 0. The lowest BCUT2D eigenvalue weighted by molar-refractivity contribution is 0.555. The Kier molecular flexibility index (Phi) is 2.93. The van der Waals surface area contributed by atoms with E-state index in [9.17, 15) is 0 Å². The lowest BCUT2D eigenvalue weighted by Gasteiger charge is -2.05. The van der Waals surface area contributed by atoms with Crippen LogP contribution < -0.4 is 5.73 Å². The number of hydrogen-bond donors (Lipinski definition) is 1. The van der Waals surface area contributed by atoms with Crippen LogP contribution in [0.15, 0.2) is 35.7 Å². The van der Waals surface area contributed by atoms with E-state index in [-0.39, 0.29) is 6.04 Å². The predicted octanol–water partition coefficient (Wildman–Crippen LogP) is 2.25. The van der Waals surface area contributed by atoms with E-state index in [1.54, 1.807) is 12.5 Å². The van der Waals surface area contributed by atoms with Crippen molar-refractivity contribution in [2.45, 2.75) is 18.9 Å². The summed E-state index contributed by atoms with van der Waals surface area (Å²) in [4.78, 5) is 0. The fraction of sp³-hybridized carbons (Fsp3) is 0.333. The monoisotopic (exact) mass is 151 g/mol. The van der Waals surface area contributed by atoms with Gasteiger partial charge in [-0.15, -0.1) is 6.58 Å². The zero-order valence-corrected chi connectivity index (χ0v) is 6.49. The molecule has 60 valence electrons. The van der Waals surface area contributed by atoms with Crippen molar-refractivity contribution in [3.8, 4) is 0 Å². The second-order valence-corrected chi connectivity index (χ2v) is 2.53. The Bertz CT molecular complexity index is 203. The van der Waals surface area contributed by atoms with Crippen molar-refractivity contribution in [1.29, 1.82) is 0 Å². The van der Waals surface area contributed by atoms with E-state index < -0.39 is 0 Å². The van der Waals surface area contributed by atoms with E-state index >= 15 is 0 Å². The lowest BCUT2D eigenvalue weighted by atomic mass is 10.1. The molecule has 1 rings (SSSR count). The maximum atomic E-state index is 5.82. The second kappa shape index (κ2) is 3.98. The molecule has 0 aromatic carbocycles. The highest BCUT2D eigenvalue weighted by Gasteiger charge is 2.04. The Morgan fingerprint density at radius 2 is 2.55 bits per heavy atom. The molecule has 0 aliphatic heterocycles. The number of hydrogen-bond acceptors (Lipinski definition) is 2. The summed E-state index contributed by atoms with van der Waals surface area (Å²) in [6.07, 6.45) is 7.09. The average Bonchev–Trinajstić information content (AvgIpc) is 2.52. The summed E-state index contributed by atoms with van der Waals surface area (Å²) in [6.45, 7) is 3.63. The van der Waals surface area contributed by atoms with E-state index in [2.05, 4.69) is 6.58 Å². The van der Waals surface area contributed by atoms with Gasteiger partial charge in [-0.05, 0) is 18.9 Å². The Morgan fingerprint density at radius 1 is 1.73 bits per heavy atom. The molecule has 1 atom stereocenters. The van der Waals surface area contributed by atoms with E-state index in [4.69, 9.17) is 10.2 Å². The molecule has 2 N–H and O–H groups in total. The van der Waals surface area contributed by atoms with Crippen LogP contribution >= 0.6 is 0 Å². The zero-order chi connectivity index (χ0) is 8.10. The third-order valence-electron chi connectivity index (χ3n) is 1.65. The topological polar surface area (TPSA) is 39.2 Å². The van der Waals surface area contributed by atoms with Crippen molar-refractivity contribution in [2.24, 2.45) is 5.73 Å².